The Morgan fingerprint density at radius 1 is 1.17 bits per heavy atom. The molecule has 0 aliphatic carbocycles. The van der Waals surface area contributed by atoms with Gasteiger partial charge in [-0.15, -0.1) is 18.3 Å². The van der Waals surface area contributed by atoms with Crippen LogP contribution >= 0.6 is 0 Å². The van der Waals surface area contributed by atoms with Crippen LogP contribution in [0.3, 0.4) is 0 Å². The molecule has 1 aromatic carbocycles. The zero-order valence-electron chi connectivity index (χ0n) is 16.3. The Labute approximate surface area is 171 Å². The highest BCUT2D eigenvalue weighted by Crippen LogP contribution is 2.28. The smallest absolute Gasteiger partial charge is 0.472 e. The standard InChI is InChI=1S/C20H21F3N4O3/c1-14(13-26-7-9-28-10-8-26)29-19-6-5-18-24-12-17(27(18)25-19)15-3-2-4-16(11-15)30-20(21,22)23/h2-6,11-12,14H,7-10,13H2,1H3/t14-/m0/s1. The van der Waals surface area contributed by atoms with E-state index in [9.17, 15) is 13.2 Å². The summed E-state index contributed by atoms with van der Waals surface area (Å²) in [5, 5.41) is 4.47. The quantitative estimate of drug-likeness (QED) is 0.607. The van der Waals surface area contributed by atoms with Crippen LogP contribution in [0.2, 0.25) is 0 Å². The lowest BCUT2D eigenvalue weighted by molar-refractivity contribution is -0.274. The molecule has 0 spiro atoms. The number of benzene rings is 1. The van der Waals surface area contributed by atoms with Gasteiger partial charge in [-0.3, -0.25) is 4.90 Å². The van der Waals surface area contributed by atoms with E-state index in [2.05, 4.69) is 19.7 Å². The van der Waals surface area contributed by atoms with Gasteiger partial charge in [0.15, 0.2) is 5.65 Å². The van der Waals surface area contributed by atoms with Gasteiger partial charge < -0.3 is 14.2 Å². The summed E-state index contributed by atoms with van der Waals surface area (Å²) in [6, 6.07) is 9.18. The Kier molecular flexibility index (Phi) is 5.78. The van der Waals surface area contributed by atoms with Crippen molar-refractivity contribution < 1.29 is 27.4 Å². The van der Waals surface area contributed by atoms with E-state index < -0.39 is 6.36 Å². The number of halogens is 3. The Hall–Kier alpha value is -2.85. The van der Waals surface area contributed by atoms with Crippen LogP contribution in [0.25, 0.3) is 16.9 Å². The van der Waals surface area contributed by atoms with Gasteiger partial charge >= 0.3 is 6.36 Å². The number of imidazole rings is 1. The Balaban J connectivity index is 1.54. The first-order valence-corrected chi connectivity index (χ1v) is 9.55. The molecule has 3 aromatic rings. The molecule has 1 atom stereocenters. The number of nitrogens with zero attached hydrogens (tertiary/aromatic N) is 4. The summed E-state index contributed by atoms with van der Waals surface area (Å²) in [4.78, 5) is 6.54. The largest absolute Gasteiger partial charge is 0.573 e. The first-order valence-electron chi connectivity index (χ1n) is 9.55. The average Bonchev–Trinajstić information content (AvgIpc) is 3.11. The van der Waals surface area contributed by atoms with Crippen LogP contribution in [0.5, 0.6) is 11.6 Å². The van der Waals surface area contributed by atoms with E-state index >= 15 is 0 Å². The van der Waals surface area contributed by atoms with Crippen molar-refractivity contribution in [3.05, 3.63) is 42.6 Å². The summed E-state index contributed by atoms with van der Waals surface area (Å²) < 4.78 is 54.5. The van der Waals surface area contributed by atoms with Gasteiger partial charge in [0, 0.05) is 31.3 Å². The van der Waals surface area contributed by atoms with Gasteiger partial charge in [0.1, 0.15) is 11.9 Å². The monoisotopic (exact) mass is 422 g/mol. The zero-order chi connectivity index (χ0) is 21.1. The SMILES string of the molecule is C[C@@H](CN1CCOCC1)Oc1ccc2ncc(-c3cccc(OC(F)(F)F)c3)n2n1. The molecule has 160 valence electrons. The lowest BCUT2D eigenvalue weighted by atomic mass is 10.1. The van der Waals surface area contributed by atoms with Crippen molar-refractivity contribution in [1.29, 1.82) is 0 Å². The van der Waals surface area contributed by atoms with Crippen LogP contribution in [-0.4, -0.2) is 64.8 Å². The molecule has 0 radical (unpaired) electrons. The van der Waals surface area contributed by atoms with Crippen LogP contribution in [-0.2, 0) is 4.74 Å². The summed E-state index contributed by atoms with van der Waals surface area (Å²) in [5.41, 5.74) is 1.58. The van der Waals surface area contributed by atoms with Gasteiger partial charge in [0.25, 0.3) is 0 Å². The molecule has 1 saturated heterocycles. The molecule has 0 bridgehead atoms. The molecular weight excluding hydrogens is 401 g/mol. The average molecular weight is 422 g/mol. The van der Waals surface area contributed by atoms with Gasteiger partial charge in [-0.2, -0.15) is 0 Å². The highest BCUT2D eigenvalue weighted by Gasteiger charge is 2.31. The van der Waals surface area contributed by atoms with Gasteiger partial charge in [0.2, 0.25) is 5.88 Å². The molecule has 1 aliphatic rings. The molecule has 1 fully saturated rings. The molecule has 4 rings (SSSR count). The molecule has 0 saturated carbocycles. The molecule has 0 amide bonds. The second-order valence-corrected chi connectivity index (χ2v) is 7.00. The molecule has 10 heteroatoms. The molecule has 2 aromatic heterocycles. The van der Waals surface area contributed by atoms with Crippen LogP contribution < -0.4 is 9.47 Å². The number of ether oxygens (including phenoxy) is 3. The molecule has 0 unspecified atom stereocenters. The summed E-state index contributed by atoms with van der Waals surface area (Å²) in [5.74, 6) is 0.103. The molecule has 1 aliphatic heterocycles. The number of alkyl halides is 3. The zero-order valence-corrected chi connectivity index (χ0v) is 16.3. The summed E-state index contributed by atoms with van der Waals surface area (Å²) in [6.07, 6.45) is -3.30. The van der Waals surface area contributed by atoms with Crippen molar-refractivity contribution in [2.24, 2.45) is 0 Å². The highest BCUT2D eigenvalue weighted by molar-refractivity contribution is 5.64. The van der Waals surface area contributed by atoms with Crippen molar-refractivity contribution in [3.8, 4) is 22.9 Å². The van der Waals surface area contributed by atoms with Gasteiger partial charge in [-0.1, -0.05) is 12.1 Å². The van der Waals surface area contributed by atoms with Crippen molar-refractivity contribution in [2.75, 3.05) is 32.8 Å². The number of morpholine rings is 1. The highest BCUT2D eigenvalue weighted by atomic mass is 19.4. The fourth-order valence-corrected chi connectivity index (χ4v) is 3.36. The van der Waals surface area contributed by atoms with E-state index in [1.54, 1.807) is 28.9 Å². The number of hydrogen-bond donors (Lipinski definition) is 0. The second-order valence-electron chi connectivity index (χ2n) is 7.00. The third-order valence-corrected chi connectivity index (χ3v) is 4.64. The van der Waals surface area contributed by atoms with Crippen molar-refractivity contribution in [1.82, 2.24) is 19.5 Å². The predicted octanol–water partition coefficient (Wildman–Crippen LogP) is 3.39. The van der Waals surface area contributed by atoms with Gasteiger partial charge in [-0.25, -0.2) is 9.50 Å². The third-order valence-electron chi connectivity index (χ3n) is 4.64. The topological polar surface area (TPSA) is 61.1 Å². The minimum atomic E-state index is -4.76. The molecule has 0 N–H and O–H groups in total. The normalized spacial score (nSPS) is 16.5. The van der Waals surface area contributed by atoms with E-state index in [1.165, 1.54) is 18.2 Å². The van der Waals surface area contributed by atoms with Crippen molar-refractivity contribution >= 4 is 5.65 Å². The van der Waals surface area contributed by atoms with E-state index in [0.29, 0.717) is 36.0 Å². The number of aromatic nitrogens is 3. The van der Waals surface area contributed by atoms with Crippen LogP contribution in [0.1, 0.15) is 6.92 Å². The Bertz CT molecular complexity index is 1000. The summed E-state index contributed by atoms with van der Waals surface area (Å²) in [7, 11) is 0. The minimum absolute atomic E-state index is 0.0939. The molecule has 30 heavy (non-hydrogen) atoms. The minimum Gasteiger partial charge on any atom is -0.472 e. The maximum atomic E-state index is 12.5. The number of hydrogen-bond acceptors (Lipinski definition) is 6. The van der Waals surface area contributed by atoms with Crippen LogP contribution in [0, 0.1) is 0 Å². The van der Waals surface area contributed by atoms with E-state index in [0.717, 1.165) is 19.6 Å². The third kappa shape index (κ3) is 5.00. The predicted molar refractivity (Wildman–Crippen MR) is 102 cm³/mol. The van der Waals surface area contributed by atoms with E-state index in [-0.39, 0.29) is 11.9 Å². The van der Waals surface area contributed by atoms with Crippen LogP contribution in [0.15, 0.2) is 42.6 Å². The Morgan fingerprint density at radius 3 is 2.73 bits per heavy atom. The fraction of sp³-hybridized carbons (Fsp3) is 0.400. The van der Waals surface area contributed by atoms with Crippen molar-refractivity contribution in [3.63, 3.8) is 0 Å². The number of fused-ring (bicyclic) bond motifs is 1. The summed E-state index contributed by atoms with van der Waals surface area (Å²) in [6.45, 7) is 5.87. The maximum Gasteiger partial charge on any atom is 0.573 e. The van der Waals surface area contributed by atoms with Crippen molar-refractivity contribution in [2.45, 2.75) is 19.4 Å². The van der Waals surface area contributed by atoms with Gasteiger partial charge in [-0.05, 0) is 25.1 Å². The summed E-state index contributed by atoms with van der Waals surface area (Å²) >= 11 is 0. The maximum absolute atomic E-state index is 12.5. The first-order chi connectivity index (χ1) is 14.4. The molecular formula is C20H21F3N4O3. The number of rotatable bonds is 6. The lowest BCUT2D eigenvalue weighted by Gasteiger charge is -2.29. The van der Waals surface area contributed by atoms with Crippen LogP contribution in [0.4, 0.5) is 13.2 Å². The Morgan fingerprint density at radius 2 is 1.97 bits per heavy atom. The molecule has 7 nitrogen and oxygen atoms in total. The van der Waals surface area contributed by atoms with E-state index in [4.69, 9.17) is 9.47 Å². The fourth-order valence-electron chi connectivity index (χ4n) is 3.36. The van der Waals surface area contributed by atoms with Gasteiger partial charge in [0.05, 0.1) is 25.1 Å². The van der Waals surface area contributed by atoms with E-state index in [1.807, 2.05) is 6.92 Å². The molecule has 3 heterocycles. The first kappa shape index (κ1) is 20.4. The lowest BCUT2D eigenvalue weighted by Crippen LogP contribution is -2.41. The second kappa shape index (κ2) is 8.49.